The number of para-hydroxylation sites is 5. The second-order valence-electron chi connectivity index (χ2n) is 15.6. The van der Waals surface area contributed by atoms with Crippen LogP contribution < -0.4 is 20.4 Å². The summed E-state index contributed by atoms with van der Waals surface area (Å²) in [5, 5.41) is 16.9. The normalized spacial score (nSPS) is 11.4. The molecule has 6 heteroatoms. The molecule has 6 nitrogen and oxygen atoms in total. The Morgan fingerprint density at radius 2 is 0.873 bits per heavy atom. The van der Waals surface area contributed by atoms with Gasteiger partial charge in [0.1, 0.15) is 5.75 Å². The van der Waals surface area contributed by atoms with Crippen molar-refractivity contribution < 1.29 is 5.11 Å². The lowest BCUT2D eigenvalue weighted by Gasteiger charge is -2.26. The molecule has 0 radical (unpaired) electrons. The van der Waals surface area contributed by atoms with Crippen LogP contribution in [0, 0.1) is 0 Å². The number of anilines is 6. The summed E-state index contributed by atoms with van der Waals surface area (Å²) in [6, 6.07) is 72.7. The minimum Gasteiger partial charge on any atom is -0.507 e. The van der Waals surface area contributed by atoms with Crippen LogP contribution >= 0.6 is 0 Å². The third-order valence-electron chi connectivity index (χ3n) is 11.9. The van der Waals surface area contributed by atoms with Crippen molar-refractivity contribution >= 4 is 80.0 Å². The van der Waals surface area contributed by atoms with E-state index in [0.717, 1.165) is 83.4 Å². The average molecular weight is 812 g/mol. The second-order valence-corrected chi connectivity index (χ2v) is 15.6. The Kier molecular flexibility index (Phi) is 9.17. The van der Waals surface area contributed by atoms with Gasteiger partial charge in [-0.15, -0.1) is 0 Å². The SMILES string of the molecule is C=c1c(=C)n(-c2ccccc2)c2ccc(N(c3ccccc3)c3ccc(-c4ccc(N(c5ccccc5)c5ccc6c(c5)c5ccccc5n6-c5ccccc5)cn4)c(O)c3)cc12. The number of hydrogen-bond acceptors (Lipinski definition) is 4. The van der Waals surface area contributed by atoms with Gasteiger partial charge >= 0.3 is 0 Å². The topological polar surface area (TPSA) is 49.5 Å². The number of hydrogen-bond donors (Lipinski definition) is 1. The van der Waals surface area contributed by atoms with Gasteiger partial charge in [-0.25, -0.2) is 0 Å². The Morgan fingerprint density at radius 1 is 0.397 bits per heavy atom. The largest absolute Gasteiger partial charge is 0.507 e. The highest BCUT2D eigenvalue weighted by atomic mass is 16.3. The van der Waals surface area contributed by atoms with E-state index >= 15 is 0 Å². The molecule has 8 aromatic carbocycles. The van der Waals surface area contributed by atoms with E-state index in [1.54, 1.807) is 0 Å². The Hall–Kier alpha value is -8.61. The van der Waals surface area contributed by atoms with E-state index in [1.165, 1.54) is 5.39 Å². The highest BCUT2D eigenvalue weighted by molar-refractivity contribution is 6.10. The van der Waals surface area contributed by atoms with E-state index in [0.29, 0.717) is 11.3 Å². The Balaban J connectivity index is 0.961. The zero-order valence-electron chi connectivity index (χ0n) is 34.4. The number of fused-ring (bicyclic) bond motifs is 4. The van der Waals surface area contributed by atoms with E-state index < -0.39 is 0 Å². The molecule has 0 aliphatic heterocycles. The van der Waals surface area contributed by atoms with Crippen LogP contribution in [0.25, 0.3) is 68.5 Å². The van der Waals surface area contributed by atoms with Gasteiger partial charge in [-0.2, -0.15) is 0 Å². The van der Waals surface area contributed by atoms with Gasteiger partial charge in [-0.3, -0.25) is 4.98 Å². The van der Waals surface area contributed by atoms with Crippen molar-refractivity contribution in [3.8, 4) is 28.4 Å². The maximum atomic E-state index is 11.8. The van der Waals surface area contributed by atoms with E-state index in [9.17, 15) is 5.11 Å². The number of phenols is 1. The van der Waals surface area contributed by atoms with Crippen molar-refractivity contribution in [2.24, 2.45) is 0 Å². The first-order chi connectivity index (χ1) is 31.0. The van der Waals surface area contributed by atoms with Gasteiger partial charge in [0.05, 0.1) is 34.1 Å². The summed E-state index contributed by atoms with van der Waals surface area (Å²) in [5.74, 6) is 0.128. The van der Waals surface area contributed by atoms with E-state index in [1.807, 2.05) is 79.0 Å². The fourth-order valence-electron chi connectivity index (χ4n) is 8.96. The zero-order chi connectivity index (χ0) is 42.4. The summed E-state index contributed by atoms with van der Waals surface area (Å²) in [6.45, 7) is 8.83. The number of phenolic OH excluding ortho intramolecular Hbond substituents is 1. The maximum absolute atomic E-state index is 11.8. The Morgan fingerprint density at radius 3 is 1.48 bits per heavy atom. The van der Waals surface area contributed by atoms with Crippen LogP contribution in [0.3, 0.4) is 0 Å². The molecule has 11 aromatic rings. The number of pyridine rings is 1. The van der Waals surface area contributed by atoms with E-state index in [4.69, 9.17) is 4.98 Å². The van der Waals surface area contributed by atoms with Crippen LogP contribution in [0.1, 0.15) is 0 Å². The highest BCUT2D eigenvalue weighted by Crippen LogP contribution is 2.42. The first-order valence-corrected chi connectivity index (χ1v) is 21.0. The molecule has 0 unspecified atom stereocenters. The van der Waals surface area contributed by atoms with Crippen molar-refractivity contribution in [2.45, 2.75) is 0 Å². The summed E-state index contributed by atoms with van der Waals surface area (Å²) in [5.41, 5.74) is 12.4. The average Bonchev–Trinajstić information content (AvgIpc) is 3.80. The molecule has 0 amide bonds. The van der Waals surface area contributed by atoms with Gasteiger partial charge in [-0.1, -0.05) is 104 Å². The minimum absolute atomic E-state index is 0.128. The van der Waals surface area contributed by atoms with Gasteiger partial charge in [0.25, 0.3) is 0 Å². The van der Waals surface area contributed by atoms with Gasteiger partial charge in [0, 0.05) is 78.2 Å². The Labute approximate surface area is 365 Å². The van der Waals surface area contributed by atoms with Crippen molar-refractivity contribution in [3.05, 3.63) is 229 Å². The molecule has 63 heavy (non-hydrogen) atoms. The quantitative estimate of drug-likeness (QED) is 0.158. The molecule has 0 spiro atoms. The lowest BCUT2D eigenvalue weighted by molar-refractivity contribution is 0.477. The number of rotatable bonds is 9. The predicted octanol–water partition coefficient (Wildman–Crippen LogP) is 13.3. The zero-order valence-corrected chi connectivity index (χ0v) is 34.4. The smallest absolute Gasteiger partial charge is 0.127 e. The molecule has 0 fully saturated rings. The summed E-state index contributed by atoms with van der Waals surface area (Å²) in [6.07, 6.45) is 1.88. The summed E-state index contributed by atoms with van der Waals surface area (Å²) >= 11 is 0. The maximum Gasteiger partial charge on any atom is 0.127 e. The Bertz CT molecular complexity index is 3550. The molecule has 3 heterocycles. The lowest BCUT2D eigenvalue weighted by Crippen LogP contribution is -2.25. The van der Waals surface area contributed by atoms with Crippen LogP contribution in [-0.4, -0.2) is 19.2 Å². The highest BCUT2D eigenvalue weighted by Gasteiger charge is 2.20. The van der Waals surface area contributed by atoms with Gasteiger partial charge in [0.2, 0.25) is 0 Å². The molecular weight excluding hydrogens is 771 g/mol. The predicted molar refractivity (Wildman–Crippen MR) is 262 cm³/mol. The molecule has 0 bridgehead atoms. The first kappa shape index (κ1) is 37.4. The van der Waals surface area contributed by atoms with Crippen molar-refractivity contribution in [3.63, 3.8) is 0 Å². The number of nitrogens with zero attached hydrogens (tertiary/aromatic N) is 5. The summed E-state index contributed by atoms with van der Waals surface area (Å²) in [7, 11) is 0. The molecular formula is C57H41N5O. The van der Waals surface area contributed by atoms with Crippen molar-refractivity contribution in [1.82, 2.24) is 14.1 Å². The number of aromatic nitrogens is 3. The lowest BCUT2D eigenvalue weighted by atomic mass is 10.1. The van der Waals surface area contributed by atoms with Crippen molar-refractivity contribution in [1.29, 1.82) is 0 Å². The number of benzene rings is 8. The molecule has 0 aliphatic carbocycles. The molecule has 0 atom stereocenters. The van der Waals surface area contributed by atoms with E-state index in [-0.39, 0.29) is 5.75 Å². The van der Waals surface area contributed by atoms with Gasteiger partial charge in [0.15, 0.2) is 0 Å². The molecule has 0 saturated heterocycles. The van der Waals surface area contributed by atoms with Crippen LogP contribution in [0.15, 0.2) is 219 Å². The third-order valence-corrected chi connectivity index (χ3v) is 11.9. The standard InChI is InChI=1S/C57H41N5O/c1-39-40(2)59(41-17-7-3-8-18-41)55-33-29-45(35-51(39)55)60(42-19-9-4-10-20-42)47-27-31-50(57(63)37-47)53-32-28-48(38-58-53)61(43-21-11-5-12-22-43)46-30-34-56-52(36-46)49-25-15-16-26-54(49)62(56)44-23-13-6-14-24-44/h3-38,63H,1-2H2. The number of aromatic hydroxyl groups is 1. The molecule has 0 saturated carbocycles. The minimum atomic E-state index is 0.128. The molecule has 11 rings (SSSR count). The van der Waals surface area contributed by atoms with Crippen LogP contribution in [-0.2, 0) is 0 Å². The third kappa shape index (κ3) is 6.49. The summed E-state index contributed by atoms with van der Waals surface area (Å²) in [4.78, 5) is 9.35. The van der Waals surface area contributed by atoms with E-state index in [2.05, 4.69) is 172 Å². The second kappa shape index (κ2) is 15.4. The molecule has 300 valence electrons. The molecule has 1 N–H and O–H groups in total. The molecule has 3 aromatic heterocycles. The van der Waals surface area contributed by atoms with Crippen LogP contribution in [0.4, 0.5) is 34.1 Å². The fraction of sp³-hybridized carbons (Fsp3) is 0. The van der Waals surface area contributed by atoms with Crippen LogP contribution in [0.5, 0.6) is 5.75 Å². The monoisotopic (exact) mass is 811 g/mol. The van der Waals surface area contributed by atoms with Gasteiger partial charge < -0.3 is 24.0 Å². The molecule has 0 aliphatic rings. The summed E-state index contributed by atoms with van der Waals surface area (Å²) < 4.78 is 4.48. The van der Waals surface area contributed by atoms with Gasteiger partial charge in [-0.05, 0) is 115 Å². The fourth-order valence-corrected chi connectivity index (χ4v) is 8.96. The van der Waals surface area contributed by atoms with Crippen molar-refractivity contribution in [2.75, 3.05) is 9.80 Å². The first-order valence-electron chi connectivity index (χ1n) is 21.0. The van der Waals surface area contributed by atoms with Crippen LogP contribution in [0.2, 0.25) is 0 Å².